The third-order valence-electron chi connectivity index (χ3n) is 2.69. The molecule has 0 saturated heterocycles. The van der Waals surface area contributed by atoms with E-state index in [4.69, 9.17) is 5.73 Å². The van der Waals surface area contributed by atoms with Crippen LogP contribution in [0.2, 0.25) is 0 Å². The molecule has 0 spiro atoms. The molecule has 0 aromatic heterocycles. The zero-order valence-electron chi connectivity index (χ0n) is 12.7. The van der Waals surface area contributed by atoms with Crippen LogP contribution in [0, 0.1) is 5.41 Å². The lowest BCUT2D eigenvalue weighted by Crippen LogP contribution is -2.48. The van der Waals surface area contributed by atoms with Gasteiger partial charge < -0.3 is 11.1 Å². The number of nitrogens with zero attached hydrogens (tertiary/aromatic N) is 1. The van der Waals surface area contributed by atoms with Crippen molar-refractivity contribution >= 4 is 11.9 Å². The Morgan fingerprint density at radius 2 is 1.89 bits per heavy atom. The van der Waals surface area contributed by atoms with Crippen molar-refractivity contribution in [1.29, 1.82) is 0 Å². The molecule has 4 N–H and O–H groups in total. The highest BCUT2D eigenvalue weighted by molar-refractivity contribution is 5.95. The number of rotatable bonds is 7. The lowest BCUT2D eigenvalue weighted by molar-refractivity contribution is -0.121. The van der Waals surface area contributed by atoms with E-state index in [1.807, 2.05) is 25.7 Å². The molecule has 0 fully saturated rings. The van der Waals surface area contributed by atoms with Gasteiger partial charge in [0.15, 0.2) is 0 Å². The van der Waals surface area contributed by atoms with Gasteiger partial charge in [-0.05, 0) is 32.4 Å². The lowest BCUT2D eigenvalue weighted by atomic mass is 9.93. The Morgan fingerprint density at radius 3 is 2.32 bits per heavy atom. The molecule has 0 aromatic rings. The third kappa shape index (κ3) is 8.56. The second-order valence-electron chi connectivity index (χ2n) is 5.85. The Bertz CT molecular complexity index is 303. The van der Waals surface area contributed by atoms with E-state index in [0.29, 0.717) is 6.54 Å². The summed E-state index contributed by atoms with van der Waals surface area (Å²) in [5.41, 5.74) is 5.64. The second-order valence-corrected chi connectivity index (χ2v) is 5.85. The third-order valence-corrected chi connectivity index (χ3v) is 2.69. The van der Waals surface area contributed by atoms with Crippen molar-refractivity contribution in [3.05, 3.63) is 0 Å². The van der Waals surface area contributed by atoms with Gasteiger partial charge in [-0.25, -0.2) is 4.79 Å². The highest BCUT2D eigenvalue weighted by Gasteiger charge is 2.21. The molecule has 0 rings (SSSR count). The van der Waals surface area contributed by atoms with Crippen LogP contribution in [-0.4, -0.2) is 49.1 Å². The molecule has 0 unspecified atom stereocenters. The Hall–Kier alpha value is -1.14. The summed E-state index contributed by atoms with van der Waals surface area (Å²) in [4.78, 5) is 25.1. The Morgan fingerprint density at radius 1 is 1.32 bits per heavy atom. The summed E-state index contributed by atoms with van der Waals surface area (Å²) >= 11 is 0. The Kier molecular flexibility index (Phi) is 7.63. The van der Waals surface area contributed by atoms with E-state index in [1.54, 1.807) is 0 Å². The molecular weight excluding hydrogens is 244 g/mol. The minimum Gasteiger partial charge on any atom is -0.336 e. The van der Waals surface area contributed by atoms with Crippen LogP contribution in [0.4, 0.5) is 4.79 Å². The molecule has 0 atom stereocenters. The van der Waals surface area contributed by atoms with Crippen LogP contribution in [0.3, 0.4) is 0 Å². The summed E-state index contributed by atoms with van der Waals surface area (Å²) in [6.45, 7) is 12.0. The van der Waals surface area contributed by atoms with Gasteiger partial charge in [-0.3, -0.25) is 15.0 Å². The van der Waals surface area contributed by atoms with Crippen LogP contribution in [0.25, 0.3) is 0 Å². The number of amides is 3. The quantitative estimate of drug-likeness (QED) is 0.631. The number of hydrogen-bond acceptors (Lipinski definition) is 4. The van der Waals surface area contributed by atoms with Gasteiger partial charge in [-0.1, -0.05) is 20.8 Å². The second kappa shape index (κ2) is 8.12. The largest absolute Gasteiger partial charge is 0.336 e. The summed E-state index contributed by atoms with van der Waals surface area (Å²) in [6, 6.07) is -0.444. The fraction of sp³-hybridized carbons (Fsp3) is 0.846. The standard InChI is InChI=1S/C13H28N4O2/c1-6-17(9-13(4,5)8-14)7-11(18)16-12(19)15-10(2)3/h10H,6-9,14H2,1-5H3,(H2,15,16,18,19). The first-order valence-electron chi connectivity index (χ1n) is 6.73. The van der Waals surface area contributed by atoms with Crippen LogP contribution >= 0.6 is 0 Å². The monoisotopic (exact) mass is 272 g/mol. The molecule has 3 amide bonds. The van der Waals surface area contributed by atoms with Crippen molar-refractivity contribution in [3.63, 3.8) is 0 Å². The minimum absolute atomic E-state index is 0.00579. The van der Waals surface area contributed by atoms with Crippen molar-refractivity contribution in [2.45, 2.75) is 40.7 Å². The van der Waals surface area contributed by atoms with Crippen LogP contribution in [0.1, 0.15) is 34.6 Å². The first kappa shape index (κ1) is 17.9. The fourth-order valence-corrected chi connectivity index (χ4v) is 1.62. The molecule has 0 aliphatic rings. The van der Waals surface area contributed by atoms with Gasteiger partial charge in [0.25, 0.3) is 0 Å². The molecule has 0 heterocycles. The van der Waals surface area contributed by atoms with Gasteiger partial charge in [0.1, 0.15) is 0 Å². The van der Waals surface area contributed by atoms with E-state index < -0.39 is 6.03 Å². The average molecular weight is 272 g/mol. The highest BCUT2D eigenvalue weighted by atomic mass is 16.2. The predicted octanol–water partition coefficient (Wildman–Crippen LogP) is 0.527. The molecule has 0 saturated carbocycles. The average Bonchev–Trinajstić information content (AvgIpc) is 2.26. The molecule has 0 aliphatic carbocycles. The van der Waals surface area contributed by atoms with Gasteiger partial charge >= 0.3 is 6.03 Å². The SMILES string of the molecule is CCN(CC(=O)NC(=O)NC(C)C)CC(C)(C)CN. The van der Waals surface area contributed by atoms with E-state index in [9.17, 15) is 9.59 Å². The predicted molar refractivity (Wildman–Crippen MR) is 76.8 cm³/mol. The van der Waals surface area contributed by atoms with Gasteiger partial charge in [0.2, 0.25) is 5.91 Å². The van der Waals surface area contributed by atoms with E-state index >= 15 is 0 Å². The molecule has 0 aliphatic heterocycles. The first-order valence-corrected chi connectivity index (χ1v) is 6.73. The summed E-state index contributed by atoms with van der Waals surface area (Å²) in [6.07, 6.45) is 0. The van der Waals surface area contributed by atoms with Crippen molar-refractivity contribution in [2.75, 3.05) is 26.2 Å². The van der Waals surface area contributed by atoms with Crippen LogP contribution in [0.15, 0.2) is 0 Å². The zero-order valence-corrected chi connectivity index (χ0v) is 12.7. The number of nitrogens with two attached hydrogens (primary N) is 1. The van der Waals surface area contributed by atoms with Crippen molar-refractivity contribution in [2.24, 2.45) is 11.1 Å². The number of imide groups is 1. The van der Waals surface area contributed by atoms with Gasteiger partial charge in [-0.2, -0.15) is 0 Å². The maximum atomic E-state index is 11.7. The smallest absolute Gasteiger partial charge is 0.321 e. The maximum Gasteiger partial charge on any atom is 0.321 e. The molecule has 19 heavy (non-hydrogen) atoms. The highest BCUT2D eigenvalue weighted by Crippen LogP contribution is 2.14. The van der Waals surface area contributed by atoms with Crippen LogP contribution < -0.4 is 16.4 Å². The summed E-state index contributed by atoms with van der Waals surface area (Å²) in [5, 5.41) is 4.93. The van der Waals surface area contributed by atoms with Crippen LogP contribution in [0.5, 0.6) is 0 Å². The van der Waals surface area contributed by atoms with Gasteiger partial charge in [-0.15, -0.1) is 0 Å². The molecule has 0 bridgehead atoms. The van der Waals surface area contributed by atoms with E-state index in [0.717, 1.165) is 13.1 Å². The minimum atomic E-state index is -0.450. The molecule has 6 heteroatoms. The van der Waals surface area contributed by atoms with Crippen molar-refractivity contribution < 1.29 is 9.59 Å². The number of hydrogen-bond donors (Lipinski definition) is 3. The number of carbonyl (C=O) groups is 2. The summed E-state index contributed by atoms with van der Waals surface area (Å²) in [5.74, 6) is -0.298. The van der Waals surface area contributed by atoms with E-state index in [2.05, 4.69) is 24.5 Å². The first-order chi connectivity index (χ1) is 8.70. The van der Waals surface area contributed by atoms with Crippen molar-refractivity contribution in [3.8, 4) is 0 Å². The molecule has 0 aromatic carbocycles. The van der Waals surface area contributed by atoms with Gasteiger partial charge in [0, 0.05) is 12.6 Å². The zero-order chi connectivity index (χ0) is 15.1. The maximum absolute atomic E-state index is 11.7. The summed E-state index contributed by atoms with van der Waals surface area (Å²) < 4.78 is 0. The van der Waals surface area contributed by atoms with Crippen LogP contribution in [-0.2, 0) is 4.79 Å². The summed E-state index contributed by atoms with van der Waals surface area (Å²) in [7, 11) is 0. The molecule has 112 valence electrons. The van der Waals surface area contributed by atoms with Crippen molar-refractivity contribution in [1.82, 2.24) is 15.5 Å². The topological polar surface area (TPSA) is 87.5 Å². The molecule has 6 nitrogen and oxygen atoms in total. The van der Waals surface area contributed by atoms with E-state index in [1.165, 1.54) is 0 Å². The van der Waals surface area contributed by atoms with E-state index in [-0.39, 0.29) is 23.9 Å². The number of likely N-dealkylation sites (N-methyl/N-ethyl adjacent to an activating group) is 1. The number of nitrogens with one attached hydrogen (secondary N) is 2. The normalized spacial score (nSPS) is 11.8. The Balaban J connectivity index is 4.24. The van der Waals surface area contributed by atoms with Gasteiger partial charge in [0.05, 0.1) is 6.54 Å². The number of carbonyl (C=O) groups excluding carboxylic acids is 2. The number of urea groups is 1. The molecular formula is C13H28N4O2. The molecule has 0 radical (unpaired) electrons. The Labute approximate surface area is 116 Å². The lowest BCUT2D eigenvalue weighted by Gasteiger charge is -2.30. The fourth-order valence-electron chi connectivity index (χ4n) is 1.62.